The van der Waals surface area contributed by atoms with Crippen molar-refractivity contribution in [2.24, 2.45) is 53.3 Å². The normalized spacial score (nSPS) is 28.0. The minimum atomic E-state index is -0.130. The first-order chi connectivity index (χ1) is 40.7. The van der Waals surface area contributed by atoms with Crippen molar-refractivity contribution in [3.05, 3.63) is 178 Å². The van der Waals surface area contributed by atoms with Crippen LogP contribution in [0.5, 0.6) is 0 Å². The number of rotatable bonds is 10. The average molecular weight is 1130 g/mol. The predicted molar refractivity (Wildman–Crippen MR) is 358 cm³/mol. The molecule has 0 aromatic heterocycles. The highest BCUT2D eigenvalue weighted by Gasteiger charge is 2.29. The Labute approximate surface area is 511 Å². The minimum Gasteiger partial charge on any atom is -0.206 e. The molecule has 0 nitrogen and oxygen atoms in total. The summed E-state index contributed by atoms with van der Waals surface area (Å²) in [5.74, 6) is 10.7. The average Bonchev–Trinajstić information content (AvgIpc) is 3.64. The summed E-state index contributed by atoms with van der Waals surface area (Å²) in [5.41, 5.74) is 13.9. The Morgan fingerprint density at radius 1 is 0.298 bits per heavy atom. The summed E-state index contributed by atoms with van der Waals surface area (Å²) in [6, 6.07) is 46.7. The van der Waals surface area contributed by atoms with Gasteiger partial charge in [-0.2, -0.15) is 0 Å². The number of hydrogen-bond donors (Lipinski definition) is 0. The minimum absolute atomic E-state index is 0.0880. The van der Waals surface area contributed by atoms with E-state index in [1.165, 1.54) is 163 Å². The Morgan fingerprint density at radius 3 is 1.00 bits per heavy atom. The molecule has 0 spiro atoms. The molecule has 452 valence electrons. The lowest BCUT2D eigenvalue weighted by Gasteiger charge is -2.36. The lowest BCUT2D eigenvalue weighted by molar-refractivity contribution is 0.155. The molecule has 0 heterocycles. The summed E-state index contributed by atoms with van der Waals surface area (Å²) in [6.07, 6.45) is 36.3. The van der Waals surface area contributed by atoms with E-state index in [4.69, 9.17) is 0 Å². The van der Waals surface area contributed by atoms with Gasteiger partial charge in [0.05, 0.1) is 0 Å². The van der Waals surface area contributed by atoms with Crippen LogP contribution in [0.25, 0.3) is 33.4 Å². The van der Waals surface area contributed by atoms with E-state index in [1.807, 2.05) is 56.3 Å². The second-order valence-electron chi connectivity index (χ2n) is 29.1. The molecule has 6 aliphatic rings. The van der Waals surface area contributed by atoms with Gasteiger partial charge in [0.1, 0.15) is 11.6 Å². The number of aryl methyl sites for hydroxylation is 3. The van der Waals surface area contributed by atoms with Crippen LogP contribution < -0.4 is 0 Å². The van der Waals surface area contributed by atoms with Crippen molar-refractivity contribution < 1.29 is 8.78 Å². The molecule has 0 aliphatic heterocycles. The maximum atomic E-state index is 14.5. The highest BCUT2D eigenvalue weighted by Crippen LogP contribution is 2.43. The molecule has 0 bridgehead atoms. The molecule has 0 radical (unpaired) electrons. The van der Waals surface area contributed by atoms with Gasteiger partial charge in [0.2, 0.25) is 0 Å². The highest BCUT2D eigenvalue weighted by molar-refractivity contribution is 5.66. The molecule has 0 saturated heterocycles. The van der Waals surface area contributed by atoms with Gasteiger partial charge in [-0.3, -0.25) is 0 Å². The third kappa shape index (κ3) is 18.8. The summed E-state index contributed by atoms with van der Waals surface area (Å²) in [6.45, 7) is 18.3. The number of halogens is 2. The largest absolute Gasteiger partial charge is 0.206 e. The van der Waals surface area contributed by atoms with Crippen molar-refractivity contribution in [2.75, 3.05) is 0 Å². The number of benzene rings is 6. The zero-order valence-corrected chi connectivity index (χ0v) is 53.8. The van der Waals surface area contributed by atoms with Gasteiger partial charge in [0, 0.05) is 11.1 Å². The molecule has 6 aromatic rings. The molecule has 0 unspecified atom stereocenters. The Balaban J connectivity index is 0.000000137. The fourth-order valence-electron chi connectivity index (χ4n) is 15.6. The van der Waals surface area contributed by atoms with Gasteiger partial charge in [0.25, 0.3) is 0 Å². The maximum Gasteiger partial charge on any atom is 0.131 e. The van der Waals surface area contributed by atoms with E-state index in [0.29, 0.717) is 17.0 Å². The summed E-state index contributed by atoms with van der Waals surface area (Å²) >= 11 is 0. The summed E-state index contributed by atoms with van der Waals surface area (Å²) in [5, 5.41) is 0. The van der Waals surface area contributed by atoms with Crippen molar-refractivity contribution in [3.8, 4) is 33.4 Å². The second-order valence-corrected chi connectivity index (χ2v) is 29.1. The molecule has 6 fully saturated rings. The smallest absolute Gasteiger partial charge is 0.131 e. The van der Waals surface area contributed by atoms with Crippen molar-refractivity contribution in [2.45, 2.75) is 240 Å². The topological polar surface area (TPSA) is 0 Å². The van der Waals surface area contributed by atoms with Crippen LogP contribution in [0, 0.1) is 78.7 Å². The Morgan fingerprint density at radius 2 is 0.607 bits per heavy atom. The monoisotopic (exact) mass is 1130 g/mol. The molecule has 6 aliphatic carbocycles. The maximum absolute atomic E-state index is 14.5. The van der Waals surface area contributed by atoms with Gasteiger partial charge in [-0.1, -0.05) is 258 Å². The van der Waals surface area contributed by atoms with Crippen LogP contribution in [0.1, 0.15) is 253 Å². The summed E-state index contributed by atoms with van der Waals surface area (Å²) < 4.78 is 28.5. The molecule has 12 rings (SSSR count). The standard InChI is InChI=1S/C26H34.C22H27F.C20H23F.C14H26/c1-19-3-7-21(8-4-19)23-11-15-25(16-12-23)26-17-13-24(14-18-26)22-9-5-20(2)6-10-22;1-16-3-6-18(7-4-16)8-9-19-10-12-20(13-11-19)21-14-5-17(2)15-22(21)23;1-14-3-7-16(8-4-14)18-11-12-19(20(21)13-18)17-9-5-15(2)6-10-17;1-11-3-7-13(8-4-11)14-9-5-12(2)6-10-14/h11-22H,3-10H2,1-2H3;5,10-16,18H,3-4,6-9H2,1-2H3;5-6,9-14,16H,3-4,7-8H2,1-2H3;11-14H,3-10H2,1-2H3. The Bertz CT molecular complexity index is 2740. The van der Waals surface area contributed by atoms with E-state index in [1.54, 1.807) is 48.9 Å². The molecule has 84 heavy (non-hydrogen) atoms. The van der Waals surface area contributed by atoms with E-state index in [9.17, 15) is 8.78 Å². The molecule has 0 amide bonds. The molecule has 6 saturated carbocycles. The lowest BCUT2D eigenvalue weighted by Crippen LogP contribution is -2.24. The van der Waals surface area contributed by atoms with Gasteiger partial charge >= 0.3 is 0 Å². The first-order valence-corrected chi connectivity index (χ1v) is 34.6. The van der Waals surface area contributed by atoms with E-state index in [0.717, 1.165) is 88.2 Å². The van der Waals surface area contributed by atoms with Crippen LogP contribution in [0.4, 0.5) is 8.78 Å². The third-order valence-corrected chi connectivity index (χ3v) is 22.1. The highest BCUT2D eigenvalue weighted by atomic mass is 19.1. The van der Waals surface area contributed by atoms with Gasteiger partial charge in [0.15, 0.2) is 0 Å². The second kappa shape index (κ2) is 31.7. The fourth-order valence-corrected chi connectivity index (χ4v) is 15.6. The quantitative estimate of drug-likeness (QED) is 0.128. The van der Waals surface area contributed by atoms with Crippen molar-refractivity contribution in [1.82, 2.24) is 0 Å². The lowest BCUT2D eigenvalue weighted by atomic mass is 9.70. The van der Waals surface area contributed by atoms with Crippen LogP contribution >= 0.6 is 0 Å². The van der Waals surface area contributed by atoms with Gasteiger partial charge in [-0.25, -0.2) is 8.78 Å². The van der Waals surface area contributed by atoms with Crippen molar-refractivity contribution in [1.29, 1.82) is 0 Å². The van der Waals surface area contributed by atoms with Gasteiger partial charge < -0.3 is 0 Å². The van der Waals surface area contributed by atoms with Gasteiger partial charge in [-0.05, 0) is 224 Å². The first-order valence-electron chi connectivity index (χ1n) is 34.6. The molecule has 0 atom stereocenters. The summed E-state index contributed by atoms with van der Waals surface area (Å²) in [7, 11) is 0. The third-order valence-electron chi connectivity index (χ3n) is 22.1. The van der Waals surface area contributed by atoms with Crippen LogP contribution in [0.15, 0.2) is 133 Å². The van der Waals surface area contributed by atoms with Crippen LogP contribution in [0.2, 0.25) is 0 Å². The van der Waals surface area contributed by atoms with Gasteiger partial charge in [-0.15, -0.1) is 0 Å². The van der Waals surface area contributed by atoms with Crippen LogP contribution in [0.3, 0.4) is 0 Å². The zero-order valence-electron chi connectivity index (χ0n) is 53.8. The predicted octanol–water partition coefficient (Wildman–Crippen LogP) is 25.2. The Kier molecular flexibility index (Phi) is 24.0. The molecule has 6 aromatic carbocycles. The Hall–Kier alpha value is -4.82. The van der Waals surface area contributed by atoms with Crippen LogP contribution in [-0.4, -0.2) is 0 Å². The molecule has 0 N–H and O–H groups in total. The van der Waals surface area contributed by atoms with E-state index in [2.05, 4.69) is 120 Å². The number of hydrogen-bond acceptors (Lipinski definition) is 0. The zero-order chi connectivity index (χ0) is 59.0. The van der Waals surface area contributed by atoms with Crippen molar-refractivity contribution in [3.63, 3.8) is 0 Å². The van der Waals surface area contributed by atoms with Crippen LogP contribution in [-0.2, 0) is 6.42 Å². The van der Waals surface area contributed by atoms with Crippen molar-refractivity contribution >= 4 is 0 Å². The van der Waals surface area contributed by atoms with E-state index in [-0.39, 0.29) is 11.6 Å². The molecule has 2 heteroatoms. The summed E-state index contributed by atoms with van der Waals surface area (Å²) in [4.78, 5) is 0. The van der Waals surface area contributed by atoms with E-state index >= 15 is 0 Å². The molecular weight excluding hydrogens is 1020 g/mol. The first kappa shape index (κ1) is 63.7. The SMILES string of the molecule is CC1CCC(C2CCC(C)CC2)CC1.CC1CCC(c2ccc(-c3ccc(C4CCC(C)CC4)cc3)cc2)CC1.Cc1ccc(-c2ccc(C3CCC(C)CC3)cc2F)cc1.Cc1ccc(-c2ccc(CCC3CCC(C)CC3)cc2)c(F)c1. The molecular formula is C82H110F2. The fraction of sp³-hybridized carbons (Fsp3) is 0.561. The van der Waals surface area contributed by atoms with E-state index < -0.39 is 0 Å².